The molecule has 2 N–H and O–H groups in total. The molecule has 16 heavy (non-hydrogen) atoms. The largest absolute Gasteiger partial charge is 0.340 e. The summed E-state index contributed by atoms with van der Waals surface area (Å²) in [5.41, 5.74) is 1.07. The van der Waals surface area contributed by atoms with Crippen LogP contribution in [0.15, 0.2) is 12.5 Å². The molecular formula is C12H26N4. The molecule has 1 saturated heterocycles. The van der Waals surface area contributed by atoms with Crippen LogP contribution in [0.25, 0.3) is 0 Å². The third-order valence-corrected chi connectivity index (χ3v) is 2.22. The Balaban J connectivity index is 0.000000244. The molecule has 2 rings (SSSR count). The Morgan fingerprint density at radius 3 is 1.94 bits per heavy atom. The number of aromatic nitrogens is 2. The van der Waals surface area contributed by atoms with Crippen molar-refractivity contribution in [1.29, 1.82) is 0 Å². The second-order valence-electron chi connectivity index (χ2n) is 3.78. The first-order valence-corrected chi connectivity index (χ1v) is 6.12. The first-order chi connectivity index (χ1) is 7.68. The molecule has 0 aliphatic carbocycles. The van der Waals surface area contributed by atoms with E-state index in [0.29, 0.717) is 0 Å². The van der Waals surface area contributed by atoms with Crippen molar-refractivity contribution in [2.24, 2.45) is 12.9 Å². The van der Waals surface area contributed by atoms with Gasteiger partial charge in [0, 0.05) is 26.3 Å². The van der Waals surface area contributed by atoms with Crippen LogP contribution < -0.4 is 5.84 Å². The van der Waals surface area contributed by atoms with Gasteiger partial charge in [0.25, 0.3) is 0 Å². The van der Waals surface area contributed by atoms with E-state index < -0.39 is 0 Å². The topological polar surface area (TPSA) is 47.1 Å². The van der Waals surface area contributed by atoms with E-state index >= 15 is 0 Å². The molecule has 1 aliphatic rings. The van der Waals surface area contributed by atoms with Crippen molar-refractivity contribution in [3.8, 4) is 0 Å². The third-order valence-electron chi connectivity index (χ3n) is 2.22. The van der Waals surface area contributed by atoms with Gasteiger partial charge in [-0.15, -0.1) is 0 Å². The lowest BCUT2D eigenvalue weighted by Crippen LogP contribution is -2.35. The summed E-state index contributed by atoms with van der Waals surface area (Å²) in [7, 11) is 1.96. The molecule has 0 unspecified atom stereocenters. The smallest absolute Gasteiger partial charge is 0.0946 e. The Kier molecular flexibility index (Phi) is 8.85. The molecule has 94 valence electrons. The van der Waals surface area contributed by atoms with Crippen LogP contribution in [0.1, 0.15) is 38.8 Å². The Bertz CT molecular complexity index is 235. The van der Waals surface area contributed by atoms with E-state index in [4.69, 9.17) is 5.84 Å². The summed E-state index contributed by atoms with van der Waals surface area (Å²) in [4.78, 5) is 3.98. The van der Waals surface area contributed by atoms with Gasteiger partial charge in [0.1, 0.15) is 0 Å². The van der Waals surface area contributed by atoms with E-state index in [1.165, 1.54) is 19.3 Å². The van der Waals surface area contributed by atoms with Crippen LogP contribution in [0.4, 0.5) is 0 Å². The molecule has 1 aromatic rings. The molecule has 1 fully saturated rings. The summed E-state index contributed by atoms with van der Waals surface area (Å²) in [6, 6.07) is 0. The van der Waals surface area contributed by atoms with Crippen LogP contribution >= 0.6 is 0 Å². The number of hydrazine groups is 1. The Labute approximate surface area is 99.4 Å². The fourth-order valence-corrected chi connectivity index (χ4v) is 1.46. The molecule has 0 radical (unpaired) electrons. The summed E-state index contributed by atoms with van der Waals surface area (Å²) >= 11 is 0. The minimum absolute atomic E-state index is 1.07. The molecule has 0 aromatic carbocycles. The molecule has 0 spiro atoms. The second-order valence-corrected chi connectivity index (χ2v) is 3.78. The fourth-order valence-electron chi connectivity index (χ4n) is 1.46. The molecule has 2 heterocycles. The molecule has 0 saturated carbocycles. The van der Waals surface area contributed by atoms with Crippen molar-refractivity contribution in [2.75, 3.05) is 13.1 Å². The zero-order chi connectivity index (χ0) is 12.4. The monoisotopic (exact) mass is 226 g/mol. The number of hydrogen-bond donors (Lipinski definition) is 1. The highest BCUT2D eigenvalue weighted by Gasteiger charge is 2.02. The summed E-state index contributed by atoms with van der Waals surface area (Å²) in [5, 5.41) is 1.89. The van der Waals surface area contributed by atoms with Crippen LogP contribution in [0, 0.1) is 6.92 Å². The van der Waals surface area contributed by atoms with E-state index in [9.17, 15) is 0 Å². The summed E-state index contributed by atoms with van der Waals surface area (Å²) in [5.74, 6) is 5.47. The maximum absolute atomic E-state index is 5.47. The molecular weight excluding hydrogens is 200 g/mol. The molecule has 1 aromatic heterocycles. The van der Waals surface area contributed by atoms with E-state index in [1.54, 1.807) is 6.33 Å². The zero-order valence-electron chi connectivity index (χ0n) is 11.1. The third kappa shape index (κ3) is 7.43. The Morgan fingerprint density at radius 1 is 1.19 bits per heavy atom. The van der Waals surface area contributed by atoms with Crippen molar-refractivity contribution >= 4 is 0 Å². The standard InChI is InChI=1S/C5H8N2.C5H12N2.C2H6/c1-5-3-7(2)4-6-5;6-7-4-2-1-3-5-7;1-2/h3-4H,1-2H3;1-6H2;1-2H3. The van der Waals surface area contributed by atoms with Crippen molar-refractivity contribution in [2.45, 2.75) is 40.0 Å². The van der Waals surface area contributed by atoms with Gasteiger partial charge < -0.3 is 4.57 Å². The van der Waals surface area contributed by atoms with Crippen molar-refractivity contribution in [3.63, 3.8) is 0 Å². The number of aryl methyl sites for hydroxylation is 2. The van der Waals surface area contributed by atoms with Crippen molar-refractivity contribution in [1.82, 2.24) is 14.6 Å². The molecule has 0 atom stereocenters. The van der Waals surface area contributed by atoms with Gasteiger partial charge in [0.2, 0.25) is 0 Å². The minimum Gasteiger partial charge on any atom is -0.340 e. The lowest BCUT2D eigenvalue weighted by Gasteiger charge is -2.20. The molecule has 4 nitrogen and oxygen atoms in total. The molecule has 4 heteroatoms. The second kappa shape index (κ2) is 9.36. The van der Waals surface area contributed by atoms with Crippen LogP contribution in [-0.2, 0) is 7.05 Å². The fraction of sp³-hybridized carbons (Fsp3) is 0.750. The number of rotatable bonds is 0. The zero-order valence-corrected chi connectivity index (χ0v) is 11.1. The lowest BCUT2D eigenvalue weighted by molar-refractivity contribution is 0.235. The van der Waals surface area contributed by atoms with Crippen molar-refractivity contribution < 1.29 is 0 Å². The van der Waals surface area contributed by atoms with E-state index in [0.717, 1.165) is 18.8 Å². The molecule has 1 aliphatic heterocycles. The van der Waals surface area contributed by atoms with Crippen LogP contribution in [-0.4, -0.2) is 27.6 Å². The van der Waals surface area contributed by atoms with E-state index in [-0.39, 0.29) is 0 Å². The van der Waals surface area contributed by atoms with E-state index in [2.05, 4.69) is 4.98 Å². The van der Waals surface area contributed by atoms with Gasteiger partial charge in [-0.25, -0.2) is 9.99 Å². The highest BCUT2D eigenvalue weighted by Crippen LogP contribution is 2.03. The Morgan fingerprint density at radius 2 is 1.75 bits per heavy atom. The SMILES string of the molecule is CC.Cc1cn(C)cn1.NN1CCCCC1. The van der Waals surface area contributed by atoms with Crippen LogP contribution in [0.5, 0.6) is 0 Å². The Hall–Kier alpha value is -0.870. The van der Waals surface area contributed by atoms with Gasteiger partial charge in [-0.1, -0.05) is 20.3 Å². The summed E-state index contributed by atoms with van der Waals surface area (Å²) in [6.07, 6.45) is 7.70. The summed E-state index contributed by atoms with van der Waals surface area (Å²) in [6.45, 7) is 8.17. The van der Waals surface area contributed by atoms with Gasteiger partial charge in [-0.05, 0) is 19.8 Å². The maximum Gasteiger partial charge on any atom is 0.0946 e. The number of nitrogens with two attached hydrogens (primary N) is 1. The number of piperidine rings is 1. The lowest BCUT2D eigenvalue weighted by atomic mass is 10.2. The first-order valence-electron chi connectivity index (χ1n) is 6.12. The maximum atomic E-state index is 5.47. The average Bonchev–Trinajstić information content (AvgIpc) is 2.67. The minimum atomic E-state index is 1.07. The normalized spacial score (nSPS) is 15.6. The van der Waals surface area contributed by atoms with Crippen LogP contribution in [0.2, 0.25) is 0 Å². The predicted molar refractivity (Wildman–Crippen MR) is 68.9 cm³/mol. The van der Waals surface area contributed by atoms with Gasteiger partial charge in [-0.3, -0.25) is 5.84 Å². The average molecular weight is 226 g/mol. The highest BCUT2D eigenvalue weighted by molar-refractivity contribution is 4.90. The van der Waals surface area contributed by atoms with Crippen LogP contribution in [0.3, 0.4) is 0 Å². The predicted octanol–water partition coefficient (Wildman–Crippen LogP) is 2.10. The number of imidazole rings is 1. The van der Waals surface area contributed by atoms with Gasteiger partial charge in [-0.2, -0.15) is 0 Å². The molecule has 0 amide bonds. The first kappa shape index (κ1) is 15.1. The van der Waals surface area contributed by atoms with Gasteiger partial charge >= 0.3 is 0 Å². The molecule has 0 bridgehead atoms. The number of nitrogens with zero attached hydrogens (tertiary/aromatic N) is 3. The van der Waals surface area contributed by atoms with Gasteiger partial charge in [0.15, 0.2) is 0 Å². The quantitative estimate of drug-likeness (QED) is 0.689. The highest BCUT2D eigenvalue weighted by atomic mass is 15.4. The van der Waals surface area contributed by atoms with E-state index in [1.807, 2.05) is 43.6 Å². The summed E-state index contributed by atoms with van der Waals surface area (Å²) < 4.78 is 1.93. The van der Waals surface area contributed by atoms with Crippen molar-refractivity contribution in [3.05, 3.63) is 18.2 Å². The van der Waals surface area contributed by atoms with Gasteiger partial charge in [0.05, 0.1) is 12.0 Å². The number of hydrogen-bond acceptors (Lipinski definition) is 3.